The predicted molar refractivity (Wildman–Crippen MR) is 105 cm³/mol. The quantitative estimate of drug-likeness (QED) is 0.796. The van der Waals surface area contributed by atoms with Gasteiger partial charge in [-0.25, -0.2) is 0 Å². The fourth-order valence-corrected chi connectivity index (χ4v) is 4.11. The zero-order valence-electron chi connectivity index (χ0n) is 15.7. The van der Waals surface area contributed by atoms with Gasteiger partial charge in [0.1, 0.15) is 18.7 Å². The zero-order valence-corrected chi connectivity index (χ0v) is 16.5. The van der Waals surface area contributed by atoms with E-state index in [9.17, 15) is 14.4 Å². The number of Topliss-reactive ketones (excluding diaryl/α,β-unsaturated/α-hetero) is 1. The van der Waals surface area contributed by atoms with Crippen LogP contribution in [0.4, 0.5) is 0 Å². The number of nitrogens with one attached hydrogen (secondary N) is 2. The van der Waals surface area contributed by atoms with Crippen LogP contribution in [0.5, 0.6) is 0 Å². The Labute approximate surface area is 162 Å². The molecule has 2 heterocycles. The maximum Gasteiger partial charge on any atom is 0.262 e. The molecule has 2 N–H and O–H groups in total. The van der Waals surface area contributed by atoms with Gasteiger partial charge in [-0.3, -0.25) is 14.4 Å². The largest absolute Gasteiger partial charge is 0.368 e. The summed E-state index contributed by atoms with van der Waals surface area (Å²) in [6.07, 6.45) is 0.123. The van der Waals surface area contributed by atoms with E-state index in [1.807, 2.05) is 44.2 Å². The summed E-state index contributed by atoms with van der Waals surface area (Å²) in [6.45, 7) is 5.73. The second kappa shape index (κ2) is 8.19. The first kappa shape index (κ1) is 19.5. The third-order valence-corrected chi connectivity index (χ3v) is 5.70. The van der Waals surface area contributed by atoms with Crippen molar-refractivity contribution in [1.29, 1.82) is 0 Å². The number of hydrogen-bond donors (Lipinski definition) is 2. The minimum Gasteiger partial charge on any atom is -0.368 e. The Morgan fingerprint density at radius 2 is 2.04 bits per heavy atom. The molecule has 0 aliphatic carbocycles. The lowest BCUT2D eigenvalue weighted by Gasteiger charge is -2.22. The van der Waals surface area contributed by atoms with Gasteiger partial charge in [0.2, 0.25) is 5.91 Å². The molecule has 0 saturated carbocycles. The van der Waals surface area contributed by atoms with E-state index >= 15 is 0 Å². The van der Waals surface area contributed by atoms with Crippen LogP contribution >= 0.6 is 11.3 Å². The molecule has 6 nitrogen and oxygen atoms in total. The van der Waals surface area contributed by atoms with E-state index in [1.165, 1.54) is 11.3 Å². The number of ether oxygens (including phenoxy) is 1. The molecule has 1 fully saturated rings. The van der Waals surface area contributed by atoms with E-state index in [0.717, 1.165) is 10.1 Å². The summed E-state index contributed by atoms with van der Waals surface area (Å²) in [5.41, 5.74) is 0. The van der Waals surface area contributed by atoms with Gasteiger partial charge in [-0.05, 0) is 36.8 Å². The van der Waals surface area contributed by atoms with Gasteiger partial charge < -0.3 is 15.4 Å². The monoisotopic (exact) mass is 388 g/mol. The molecule has 0 unspecified atom stereocenters. The summed E-state index contributed by atoms with van der Waals surface area (Å²) in [5.74, 6) is -0.570. The van der Waals surface area contributed by atoms with Gasteiger partial charge in [0, 0.05) is 4.70 Å². The highest BCUT2D eigenvalue weighted by molar-refractivity contribution is 7.20. The van der Waals surface area contributed by atoms with E-state index in [2.05, 4.69) is 10.6 Å². The molecule has 0 spiro atoms. The van der Waals surface area contributed by atoms with Crippen LogP contribution in [0, 0.1) is 5.92 Å². The number of rotatable bonds is 6. The molecule has 0 radical (unpaired) electrons. The topological polar surface area (TPSA) is 84.5 Å². The molecule has 2 aromatic rings. The summed E-state index contributed by atoms with van der Waals surface area (Å²) in [7, 11) is 0. The van der Waals surface area contributed by atoms with Crippen LogP contribution in [0.3, 0.4) is 0 Å². The Balaban J connectivity index is 1.72. The Kier molecular flexibility index (Phi) is 5.92. The maximum absolute atomic E-state index is 12.7. The average molecular weight is 388 g/mol. The van der Waals surface area contributed by atoms with E-state index < -0.39 is 12.1 Å². The van der Waals surface area contributed by atoms with Crippen LogP contribution < -0.4 is 10.6 Å². The van der Waals surface area contributed by atoms with Gasteiger partial charge in [-0.2, -0.15) is 0 Å². The van der Waals surface area contributed by atoms with Crippen LogP contribution in [0.1, 0.15) is 36.9 Å². The number of carbonyl (C=O) groups excluding carboxylic acids is 3. The molecule has 144 valence electrons. The highest BCUT2D eigenvalue weighted by atomic mass is 32.1. The highest BCUT2D eigenvalue weighted by Crippen LogP contribution is 2.25. The van der Waals surface area contributed by atoms with Crippen LogP contribution in [-0.4, -0.2) is 42.4 Å². The number of carbonyl (C=O) groups is 3. The van der Waals surface area contributed by atoms with E-state index in [-0.39, 0.29) is 36.2 Å². The summed E-state index contributed by atoms with van der Waals surface area (Å²) in [6, 6.07) is 8.23. The molecule has 3 rings (SSSR count). The number of benzene rings is 1. The van der Waals surface area contributed by atoms with Crippen LogP contribution in [0.2, 0.25) is 0 Å². The Morgan fingerprint density at radius 3 is 2.67 bits per heavy atom. The second-order valence-corrected chi connectivity index (χ2v) is 8.36. The smallest absolute Gasteiger partial charge is 0.262 e. The molecule has 0 bridgehead atoms. The van der Waals surface area contributed by atoms with E-state index in [1.54, 1.807) is 6.92 Å². The third-order valence-electron chi connectivity index (χ3n) is 4.58. The van der Waals surface area contributed by atoms with Crippen molar-refractivity contribution in [2.24, 2.45) is 5.92 Å². The number of hydrogen-bond acceptors (Lipinski definition) is 5. The van der Waals surface area contributed by atoms with Crippen molar-refractivity contribution in [1.82, 2.24) is 10.6 Å². The minimum absolute atomic E-state index is 0.00903. The summed E-state index contributed by atoms with van der Waals surface area (Å²) in [5, 5.41) is 6.58. The molecule has 1 aromatic carbocycles. The molecule has 1 aliphatic heterocycles. The van der Waals surface area contributed by atoms with Gasteiger partial charge in [0.25, 0.3) is 5.91 Å². The first-order valence-corrected chi connectivity index (χ1v) is 9.91. The molecule has 3 atom stereocenters. The fourth-order valence-electron chi connectivity index (χ4n) is 3.14. The minimum atomic E-state index is -0.705. The van der Waals surface area contributed by atoms with E-state index in [0.29, 0.717) is 11.3 Å². The third kappa shape index (κ3) is 4.54. The molecular weight excluding hydrogens is 364 g/mol. The van der Waals surface area contributed by atoms with Crippen molar-refractivity contribution in [2.45, 2.75) is 45.4 Å². The van der Waals surface area contributed by atoms with Gasteiger partial charge >= 0.3 is 0 Å². The molecule has 27 heavy (non-hydrogen) atoms. The number of ketones is 1. The summed E-state index contributed by atoms with van der Waals surface area (Å²) in [4.78, 5) is 37.9. The number of fused-ring (bicyclic) bond motifs is 1. The number of amides is 2. The highest BCUT2D eigenvalue weighted by Gasteiger charge is 2.35. The summed E-state index contributed by atoms with van der Waals surface area (Å²) >= 11 is 1.39. The Hall–Kier alpha value is -2.25. The van der Waals surface area contributed by atoms with Crippen LogP contribution in [0.25, 0.3) is 10.1 Å². The summed E-state index contributed by atoms with van der Waals surface area (Å²) < 4.78 is 6.30. The van der Waals surface area contributed by atoms with Crippen molar-refractivity contribution in [3.05, 3.63) is 35.2 Å². The molecule has 1 aliphatic rings. The Morgan fingerprint density at radius 1 is 1.30 bits per heavy atom. The lowest BCUT2D eigenvalue weighted by Crippen LogP contribution is -2.53. The second-order valence-electron chi connectivity index (χ2n) is 7.27. The van der Waals surface area contributed by atoms with Gasteiger partial charge in [-0.1, -0.05) is 32.0 Å². The van der Waals surface area contributed by atoms with Crippen LogP contribution in [0.15, 0.2) is 30.3 Å². The fraction of sp³-hybridized carbons (Fsp3) is 0.450. The van der Waals surface area contributed by atoms with Crippen LogP contribution in [-0.2, 0) is 14.3 Å². The maximum atomic E-state index is 12.7. The number of thiophene rings is 1. The van der Waals surface area contributed by atoms with Crippen molar-refractivity contribution in [2.75, 3.05) is 6.61 Å². The Bertz CT molecular complexity index is 828. The normalized spacial score (nSPS) is 20.8. The van der Waals surface area contributed by atoms with Crippen molar-refractivity contribution in [3.8, 4) is 0 Å². The molecule has 1 saturated heterocycles. The molecule has 1 aromatic heterocycles. The first-order chi connectivity index (χ1) is 12.8. The van der Waals surface area contributed by atoms with Crippen molar-refractivity contribution >= 4 is 39.0 Å². The van der Waals surface area contributed by atoms with Gasteiger partial charge in [0.05, 0.1) is 11.0 Å². The van der Waals surface area contributed by atoms with Crippen molar-refractivity contribution < 1.29 is 19.1 Å². The zero-order chi connectivity index (χ0) is 19.6. The molecule has 2 amide bonds. The first-order valence-electron chi connectivity index (χ1n) is 9.09. The molecule has 7 heteroatoms. The SMILES string of the molecule is CC(C)C[C@H](NC(=O)c1cc2ccccc2s1)C(=O)N[C@@H]1C(=O)CO[C@@H]1C. The van der Waals surface area contributed by atoms with Gasteiger partial charge in [-0.15, -0.1) is 11.3 Å². The average Bonchev–Trinajstić information content (AvgIpc) is 3.19. The van der Waals surface area contributed by atoms with E-state index in [4.69, 9.17) is 4.74 Å². The van der Waals surface area contributed by atoms with Crippen molar-refractivity contribution in [3.63, 3.8) is 0 Å². The standard InChI is InChI=1S/C20H24N2O4S/c1-11(2)8-14(19(24)22-18-12(3)26-10-15(18)23)21-20(25)17-9-13-6-4-5-7-16(13)27-17/h4-7,9,11-12,14,18H,8,10H2,1-3H3,(H,21,25)(H,22,24)/t12-,14+,18+/m1/s1. The van der Waals surface area contributed by atoms with Gasteiger partial charge in [0.15, 0.2) is 5.78 Å². The lowest BCUT2D eigenvalue weighted by molar-refractivity contribution is -0.127. The molecular formula is C20H24N2O4S. The predicted octanol–water partition coefficient (Wildman–Crippen LogP) is 2.52. The lowest BCUT2D eigenvalue weighted by atomic mass is 10.0.